The Balaban J connectivity index is 1.84. The molecule has 0 aromatic carbocycles. The maximum atomic E-state index is 12.8. The van der Waals surface area contributed by atoms with Crippen molar-refractivity contribution in [1.82, 2.24) is 9.97 Å². The SMILES string of the molecule is Cc1nc(CCNc2ccnc(F)c2)cs1. The van der Waals surface area contributed by atoms with Gasteiger partial charge in [0.1, 0.15) is 0 Å². The quantitative estimate of drug-likeness (QED) is 0.831. The van der Waals surface area contributed by atoms with Crippen LogP contribution < -0.4 is 5.32 Å². The summed E-state index contributed by atoms with van der Waals surface area (Å²) in [6.07, 6.45) is 2.29. The van der Waals surface area contributed by atoms with Crippen LogP contribution in [0, 0.1) is 12.9 Å². The van der Waals surface area contributed by atoms with E-state index >= 15 is 0 Å². The molecule has 0 fully saturated rings. The normalized spacial score (nSPS) is 10.4. The number of hydrogen-bond acceptors (Lipinski definition) is 4. The third-order valence-corrected chi connectivity index (χ3v) is 2.93. The summed E-state index contributed by atoms with van der Waals surface area (Å²) in [4.78, 5) is 7.84. The summed E-state index contributed by atoms with van der Waals surface area (Å²) < 4.78 is 12.8. The lowest BCUT2D eigenvalue weighted by Crippen LogP contribution is -2.05. The van der Waals surface area contributed by atoms with Gasteiger partial charge < -0.3 is 5.32 Å². The van der Waals surface area contributed by atoms with E-state index in [9.17, 15) is 4.39 Å². The van der Waals surface area contributed by atoms with Crippen molar-refractivity contribution in [2.75, 3.05) is 11.9 Å². The van der Waals surface area contributed by atoms with Crippen molar-refractivity contribution in [3.63, 3.8) is 0 Å². The number of pyridine rings is 1. The van der Waals surface area contributed by atoms with Gasteiger partial charge >= 0.3 is 0 Å². The molecule has 0 saturated heterocycles. The molecule has 3 nitrogen and oxygen atoms in total. The average Bonchev–Trinajstić information content (AvgIpc) is 2.64. The van der Waals surface area contributed by atoms with Gasteiger partial charge in [-0.15, -0.1) is 11.3 Å². The van der Waals surface area contributed by atoms with E-state index in [1.54, 1.807) is 17.4 Å². The van der Waals surface area contributed by atoms with Crippen molar-refractivity contribution in [2.45, 2.75) is 13.3 Å². The van der Waals surface area contributed by atoms with Gasteiger partial charge in [0.2, 0.25) is 5.95 Å². The topological polar surface area (TPSA) is 37.8 Å². The summed E-state index contributed by atoms with van der Waals surface area (Å²) in [6.45, 7) is 2.73. The first-order valence-corrected chi connectivity index (χ1v) is 5.88. The average molecular weight is 237 g/mol. The molecular weight excluding hydrogens is 225 g/mol. The molecule has 2 heterocycles. The van der Waals surface area contributed by atoms with Gasteiger partial charge in [0.25, 0.3) is 0 Å². The molecule has 2 aromatic rings. The van der Waals surface area contributed by atoms with Crippen LogP contribution in [-0.4, -0.2) is 16.5 Å². The maximum absolute atomic E-state index is 12.8. The number of nitrogens with zero attached hydrogens (tertiary/aromatic N) is 2. The van der Waals surface area contributed by atoms with Gasteiger partial charge in [0.05, 0.1) is 10.7 Å². The Morgan fingerprint density at radius 2 is 2.38 bits per heavy atom. The molecule has 0 unspecified atom stereocenters. The van der Waals surface area contributed by atoms with Gasteiger partial charge in [-0.2, -0.15) is 4.39 Å². The Morgan fingerprint density at radius 3 is 3.06 bits per heavy atom. The van der Waals surface area contributed by atoms with Gasteiger partial charge in [0, 0.05) is 36.3 Å². The van der Waals surface area contributed by atoms with E-state index < -0.39 is 5.95 Å². The largest absolute Gasteiger partial charge is 0.384 e. The summed E-state index contributed by atoms with van der Waals surface area (Å²) in [7, 11) is 0. The lowest BCUT2D eigenvalue weighted by atomic mass is 10.3. The lowest BCUT2D eigenvalue weighted by Gasteiger charge is -2.04. The molecule has 0 bridgehead atoms. The predicted molar refractivity (Wildman–Crippen MR) is 63.2 cm³/mol. The summed E-state index contributed by atoms with van der Waals surface area (Å²) in [5.41, 5.74) is 1.82. The number of aryl methyl sites for hydroxylation is 1. The van der Waals surface area contributed by atoms with Crippen LogP contribution in [0.5, 0.6) is 0 Å². The summed E-state index contributed by atoms with van der Waals surface area (Å²) in [5.74, 6) is -0.463. The lowest BCUT2D eigenvalue weighted by molar-refractivity contribution is 0.584. The van der Waals surface area contributed by atoms with Crippen LogP contribution in [0.2, 0.25) is 0 Å². The van der Waals surface area contributed by atoms with E-state index in [-0.39, 0.29) is 0 Å². The molecule has 84 valence electrons. The molecule has 16 heavy (non-hydrogen) atoms. The van der Waals surface area contributed by atoms with E-state index in [0.717, 1.165) is 29.4 Å². The molecule has 1 N–H and O–H groups in total. The van der Waals surface area contributed by atoms with Gasteiger partial charge in [-0.3, -0.25) is 0 Å². The highest BCUT2D eigenvalue weighted by molar-refractivity contribution is 7.09. The number of hydrogen-bond donors (Lipinski definition) is 1. The van der Waals surface area contributed by atoms with Crippen molar-refractivity contribution in [2.24, 2.45) is 0 Å². The first kappa shape index (κ1) is 11.0. The fraction of sp³-hybridized carbons (Fsp3) is 0.273. The van der Waals surface area contributed by atoms with E-state index in [1.807, 2.05) is 12.3 Å². The second-order valence-electron chi connectivity index (χ2n) is 3.40. The Kier molecular flexibility index (Phi) is 3.46. The number of rotatable bonds is 4. The molecule has 2 rings (SSSR count). The highest BCUT2D eigenvalue weighted by atomic mass is 32.1. The minimum atomic E-state index is -0.463. The van der Waals surface area contributed by atoms with Gasteiger partial charge in [-0.25, -0.2) is 9.97 Å². The van der Waals surface area contributed by atoms with Crippen LogP contribution in [0.1, 0.15) is 10.7 Å². The Hall–Kier alpha value is -1.49. The second-order valence-corrected chi connectivity index (χ2v) is 4.46. The van der Waals surface area contributed by atoms with E-state index in [1.165, 1.54) is 12.3 Å². The minimum Gasteiger partial charge on any atom is -0.384 e. The zero-order valence-electron chi connectivity index (χ0n) is 8.90. The standard InChI is InChI=1S/C11H12FN3S/c1-8-15-10(7-16-8)3-4-13-9-2-5-14-11(12)6-9/h2,5-7H,3-4H2,1H3,(H,13,14). The monoisotopic (exact) mass is 237 g/mol. The second kappa shape index (κ2) is 5.03. The molecule has 2 aromatic heterocycles. The molecule has 0 aliphatic carbocycles. The number of aromatic nitrogens is 2. The molecule has 0 spiro atoms. The summed E-state index contributed by atoms with van der Waals surface area (Å²) in [5, 5.41) is 6.25. The van der Waals surface area contributed by atoms with E-state index in [4.69, 9.17) is 0 Å². The zero-order chi connectivity index (χ0) is 11.4. The molecule has 0 saturated carbocycles. The molecule has 0 atom stereocenters. The molecule has 0 aliphatic heterocycles. The van der Waals surface area contributed by atoms with E-state index in [2.05, 4.69) is 15.3 Å². The smallest absolute Gasteiger partial charge is 0.214 e. The molecule has 0 amide bonds. The molecule has 0 aliphatic rings. The van der Waals surface area contributed by atoms with Gasteiger partial charge in [0.15, 0.2) is 0 Å². The van der Waals surface area contributed by atoms with Crippen molar-refractivity contribution in [3.05, 3.63) is 40.4 Å². The number of halogens is 1. The first-order valence-electron chi connectivity index (χ1n) is 5.00. The third-order valence-electron chi connectivity index (χ3n) is 2.10. The maximum Gasteiger partial charge on any atom is 0.214 e. The Morgan fingerprint density at radius 1 is 1.50 bits per heavy atom. The van der Waals surface area contributed by atoms with Crippen molar-refractivity contribution < 1.29 is 4.39 Å². The fourth-order valence-electron chi connectivity index (χ4n) is 1.37. The number of anilines is 1. The Bertz CT molecular complexity index is 470. The van der Waals surface area contributed by atoms with Gasteiger partial charge in [-0.1, -0.05) is 0 Å². The van der Waals surface area contributed by atoms with Crippen molar-refractivity contribution in [3.8, 4) is 0 Å². The predicted octanol–water partition coefficient (Wildman–Crippen LogP) is 2.64. The summed E-state index contributed by atoms with van der Waals surface area (Å²) >= 11 is 1.64. The van der Waals surface area contributed by atoms with Crippen LogP contribution >= 0.6 is 11.3 Å². The molecular formula is C11H12FN3S. The highest BCUT2D eigenvalue weighted by Gasteiger charge is 1.99. The molecule has 5 heteroatoms. The number of nitrogens with one attached hydrogen (secondary N) is 1. The zero-order valence-corrected chi connectivity index (χ0v) is 9.72. The van der Waals surface area contributed by atoms with Crippen LogP contribution in [-0.2, 0) is 6.42 Å². The minimum absolute atomic E-state index is 0.463. The molecule has 0 radical (unpaired) electrons. The first-order chi connectivity index (χ1) is 7.74. The summed E-state index contributed by atoms with van der Waals surface area (Å²) in [6, 6.07) is 3.13. The van der Waals surface area contributed by atoms with E-state index in [0.29, 0.717) is 0 Å². The Labute approximate surface area is 97.4 Å². The van der Waals surface area contributed by atoms with Crippen LogP contribution in [0.3, 0.4) is 0 Å². The fourth-order valence-corrected chi connectivity index (χ4v) is 2.02. The third kappa shape index (κ3) is 3.00. The van der Waals surface area contributed by atoms with Crippen molar-refractivity contribution in [1.29, 1.82) is 0 Å². The number of thiazole rings is 1. The van der Waals surface area contributed by atoms with Crippen molar-refractivity contribution >= 4 is 17.0 Å². The van der Waals surface area contributed by atoms with Gasteiger partial charge in [-0.05, 0) is 13.0 Å². The van der Waals surface area contributed by atoms with Crippen LogP contribution in [0.4, 0.5) is 10.1 Å². The highest BCUT2D eigenvalue weighted by Crippen LogP contribution is 2.10. The van der Waals surface area contributed by atoms with Crippen LogP contribution in [0.15, 0.2) is 23.7 Å². The van der Waals surface area contributed by atoms with Crippen LogP contribution in [0.25, 0.3) is 0 Å².